The van der Waals surface area contributed by atoms with Crippen molar-refractivity contribution in [1.82, 2.24) is 5.32 Å². The number of nitrogens with one attached hydrogen (secondary N) is 2. The fraction of sp³-hybridized carbons (Fsp3) is 0.571. The van der Waals surface area contributed by atoms with Crippen LogP contribution in [0.1, 0.15) is 31.4 Å². The number of rotatable bonds is 2. The van der Waals surface area contributed by atoms with Crippen molar-refractivity contribution in [2.75, 3.05) is 11.9 Å². The summed E-state index contributed by atoms with van der Waals surface area (Å²) >= 11 is 0. The Morgan fingerprint density at radius 1 is 1.25 bits per heavy atom. The van der Waals surface area contributed by atoms with E-state index in [1.165, 1.54) is 23.2 Å². The highest BCUT2D eigenvalue weighted by molar-refractivity contribution is 5.57. The maximum absolute atomic E-state index is 3.67. The zero-order valence-electron chi connectivity index (χ0n) is 10.7. The molecule has 2 heteroatoms. The van der Waals surface area contributed by atoms with Crippen LogP contribution in [0.2, 0.25) is 0 Å². The fourth-order valence-electron chi connectivity index (χ4n) is 2.51. The number of aryl methyl sites for hydroxylation is 2. The normalized spacial score (nSPS) is 23.4. The molecule has 1 aromatic rings. The Morgan fingerprint density at radius 3 is 2.38 bits per heavy atom. The van der Waals surface area contributed by atoms with Gasteiger partial charge in [-0.25, -0.2) is 0 Å². The molecule has 1 fully saturated rings. The van der Waals surface area contributed by atoms with Gasteiger partial charge in [0.05, 0.1) is 0 Å². The van der Waals surface area contributed by atoms with Crippen LogP contribution in [0.15, 0.2) is 18.2 Å². The maximum Gasteiger partial charge on any atom is 0.0403 e. The van der Waals surface area contributed by atoms with Gasteiger partial charge in [-0.2, -0.15) is 0 Å². The molecule has 1 aliphatic heterocycles. The SMILES string of the molecule is Cc1cccc(C)c1NC1CNC(C)(C)C1. The van der Waals surface area contributed by atoms with E-state index in [2.05, 4.69) is 56.5 Å². The van der Waals surface area contributed by atoms with Crippen LogP contribution in [-0.2, 0) is 0 Å². The molecule has 0 aliphatic carbocycles. The molecular weight excluding hydrogens is 196 g/mol. The lowest BCUT2D eigenvalue weighted by Gasteiger charge is -2.20. The number of anilines is 1. The first-order valence-corrected chi connectivity index (χ1v) is 6.06. The lowest BCUT2D eigenvalue weighted by atomic mass is 10.0. The second kappa shape index (κ2) is 4.10. The molecule has 0 radical (unpaired) electrons. The highest BCUT2D eigenvalue weighted by Gasteiger charge is 2.30. The summed E-state index contributed by atoms with van der Waals surface area (Å²) in [5.74, 6) is 0. The van der Waals surface area contributed by atoms with Gasteiger partial charge in [0.15, 0.2) is 0 Å². The molecule has 88 valence electrons. The third-order valence-electron chi connectivity index (χ3n) is 3.41. The second-order valence-electron chi connectivity index (χ2n) is 5.58. The highest BCUT2D eigenvalue weighted by atomic mass is 15.1. The molecule has 1 saturated heterocycles. The van der Waals surface area contributed by atoms with Crippen molar-refractivity contribution in [1.29, 1.82) is 0 Å². The van der Waals surface area contributed by atoms with Gasteiger partial charge in [-0.15, -0.1) is 0 Å². The fourth-order valence-corrected chi connectivity index (χ4v) is 2.51. The third-order valence-corrected chi connectivity index (χ3v) is 3.41. The van der Waals surface area contributed by atoms with Crippen LogP contribution in [0, 0.1) is 13.8 Å². The molecule has 16 heavy (non-hydrogen) atoms. The van der Waals surface area contributed by atoms with E-state index >= 15 is 0 Å². The average molecular weight is 218 g/mol. The first-order chi connectivity index (χ1) is 7.48. The van der Waals surface area contributed by atoms with Gasteiger partial charge < -0.3 is 10.6 Å². The van der Waals surface area contributed by atoms with Crippen molar-refractivity contribution in [2.45, 2.75) is 45.7 Å². The summed E-state index contributed by atoms with van der Waals surface area (Å²) in [7, 11) is 0. The summed E-state index contributed by atoms with van der Waals surface area (Å²) in [6, 6.07) is 7.01. The van der Waals surface area contributed by atoms with E-state index in [4.69, 9.17) is 0 Å². The zero-order valence-corrected chi connectivity index (χ0v) is 10.7. The van der Waals surface area contributed by atoms with Crippen molar-refractivity contribution in [3.8, 4) is 0 Å². The summed E-state index contributed by atoms with van der Waals surface area (Å²) in [5, 5.41) is 7.21. The van der Waals surface area contributed by atoms with Gasteiger partial charge >= 0.3 is 0 Å². The minimum atomic E-state index is 0.272. The van der Waals surface area contributed by atoms with Gasteiger partial charge in [0.25, 0.3) is 0 Å². The Labute approximate surface area is 98.4 Å². The molecular formula is C14H22N2. The van der Waals surface area contributed by atoms with Gasteiger partial charge in [-0.3, -0.25) is 0 Å². The van der Waals surface area contributed by atoms with Crippen molar-refractivity contribution in [3.63, 3.8) is 0 Å². The van der Waals surface area contributed by atoms with Gasteiger partial charge in [0.2, 0.25) is 0 Å². The van der Waals surface area contributed by atoms with Crippen LogP contribution >= 0.6 is 0 Å². The first kappa shape index (κ1) is 11.5. The Balaban J connectivity index is 2.11. The van der Waals surface area contributed by atoms with E-state index in [1.54, 1.807) is 0 Å². The molecule has 1 aliphatic rings. The number of para-hydroxylation sites is 1. The summed E-state index contributed by atoms with van der Waals surface area (Å²) < 4.78 is 0. The van der Waals surface area contributed by atoms with Gasteiger partial charge in [0.1, 0.15) is 0 Å². The molecule has 0 saturated carbocycles. The monoisotopic (exact) mass is 218 g/mol. The Morgan fingerprint density at radius 2 is 1.88 bits per heavy atom. The molecule has 1 atom stereocenters. The van der Waals surface area contributed by atoms with E-state index in [0.29, 0.717) is 6.04 Å². The topological polar surface area (TPSA) is 24.1 Å². The Bertz CT molecular complexity index is 362. The summed E-state index contributed by atoms with van der Waals surface area (Å²) in [6.45, 7) is 9.92. The number of hydrogen-bond donors (Lipinski definition) is 2. The van der Waals surface area contributed by atoms with E-state index in [-0.39, 0.29) is 5.54 Å². The molecule has 2 N–H and O–H groups in total. The van der Waals surface area contributed by atoms with Crippen LogP contribution < -0.4 is 10.6 Å². The summed E-state index contributed by atoms with van der Waals surface area (Å²) in [5.41, 5.74) is 4.26. The lowest BCUT2D eigenvalue weighted by molar-refractivity contribution is 0.457. The zero-order chi connectivity index (χ0) is 11.8. The minimum absolute atomic E-state index is 0.272. The van der Waals surface area contributed by atoms with E-state index in [0.717, 1.165) is 6.54 Å². The molecule has 1 heterocycles. The largest absolute Gasteiger partial charge is 0.381 e. The predicted octanol–water partition coefficient (Wildman–Crippen LogP) is 2.86. The lowest BCUT2D eigenvalue weighted by Crippen LogP contribution is -2.31. The van der Waals surface area contributed by atoms with E-state index in [1.807, 2.05) is 0 Å². The van der Waals surface area contributed by atoms with Crippen molar-refractivity contribution >= 4 is 5.69 Å². The summed E-state index contributed by atoms with van der Waals surface area (Å²) in [4.78, 5) is 0. The Kier molecular flexibility index (Phi) is 2.94. The molecule has 0 spiro atoms. The van der Waals surface area contributed by atoms with Crippen LogP contribution in [0.5, 0.6) is 0 Å². The van der Waals surface area contributed by atoms with Gasteiger partial charge in [-0.05, 0) is 45.2 Å². The molecule has 1 aromatic carbocycles. The molecule has 2 nitrogen and oxygen atoms in total. The van der Waals surface area contributed by atoms with E-state index in [9.17, 15) is 0 Å². The average Bonchev–Trinajstić information content (AvgIpc) is 2.52. The Hall–Kier alpha value is -1.02. The second-order valence-corrected chi connectivity index (χ2v) is 5.58. The minimum Gasteiger partial charge on any atom is -0.381 e. The highest BCUT2D eigenvalue weighted by Crippen LogP contribution is 2.25. The van der Waals surface area contributed by atoms with E-state index < -0.39 is 0 Å². The standard InChI is InChI=1S/C14H22N2/c1-10-6-5-7-11(2)13(10)16-12-8-14(3,4)15-9-12/h5-7,12,15-16H,8-9H2,1-4H3. The number of benzene rings is 1. The first-order valence-electron chi connectivity index (χ1n) is 6.06. The molecule has 1 unspecified atom stereocenters. The molecule has 0 bridgehead atoms. The van der Waals surface area contributed by atoms with Crippen LogP contribution in [0.3, 0.4) is 0 Å². The van der Waals surface area contributed by atoms with Gasteiger partial charge in [0, 0.05) is 23.8 Å². The smallest absolute Gasteiger partial charge is 0.0403 e. The maximum atomic E-state index is 3.67. The van der Waals surface area contributed by atoms with Crippen molar-refractivity contribution in [2.24, 2.45) is 0 Å². The number of hydrogen-bond acceptors (Lipinski definition) is 2. The van der Waals surface area contributed by atoms with Crippen molar-refractivity contribution in [3.05, 3.63) is 29.3 Å². The van der Waals surface area contributed by atoms with Crippen LogP contribution in [0.25, 0.3) is 0 Å². The molecule has 0 aromatic heterocycles. The quantitative estimate of drug-likeness (QED) is 0.797. The van der Waals surface area contributed by atoms with Crippen LogP contribution in [0.4, 0.5) is 5.69 Å². The third kappa shape index (κ3) is 2.38. The summed E-state index contributed by atoms with van der Waals surface area (Å²) in [6.07, 6.45) is 1.18. The van der Waals surface area contributed by atoms with Crippen molar-refractivity contribution < 1.29 is 0 Å². The van der Waals surface area contributed by atoms with Gasteiger partial charge in [-0.1, -0.05) is 18.2 Å². The predicted molar refractivity (Wildman–Crippen MR) is 70.0 cm³/mol. The van der Waals surface area contributed by atoms with Crippen LogP contribution in [-0.4, -0.2) is 18.1 Å². The molecule has 2 rings (SSSR count). The molecule has 0 amide bonds.